The Bertz CT molecular complexity index is 816. The number of rotatable bonds is 3. The molecule has 0 radical (unpaired) electrons. The number of hydrogen-bond donors (Lipinski definition) is 2. The van der Waals surface area contributed by atoms with E-state index in [4.69, 9.17) is 0 Å². The van der Waals surface area contributed by atoms with Crippen LogP contribution in [0.3, 0.4) is 0 Å². The van der Waals surface area contributed by atoms with Crippen LogP contribution >= 0.6 is 11.3 Å². The fourth-order valence-corrected chi connectivity index (χ4v) is 3.40. The van der Waals surface area contributed by atoms with Gasteiger partial charge in [0, 0.05) is 24.7 Å². The van der Waals surface area contributed by atoms with Crippen LogP contribution in [-0.4, -0.2) is 43.9 Å². The van der Waals surface area contributed by atoms with Gasteiger partial charge in [-0.1, -0.05) is 0 Å². The highest BCUT2D eigenvalue weighted by molar-refractivity contribution is 7.13. The van der Waals surface area contributed by atoms with Gasteiger partial charge in [0.15, 0.2) is 16.6 Å². The number of imidazole rings is 1. The third-order valence-corrected chi connectivity index (χ3v) is 4.65. The summed E-state index contributed by atoms with van der Waals surface area (Å²) in [6, 6.07) is 0. The van der Waals surface area contributed by atoms with Crippen LogP contribution in [0.15, 0.2) is 24.2 Å². The Balaban J connectivity index is 1.53. The van der Waals surface area contributed by atoms with Crippen LogP contribution < -0.4 is 10.2 Å². The monoisotopic (exact) mass is 329 g/mol. The fourth-order valence-electron chi connectivity index (χ4n) is 2.87. The molecule has 0 aliphatic carbocycles. The van der Waals surface area contributed by atoms with Gasteiger partial charge in [-0.3, -0.25) is 4.79 Å². The maximum Gasteiger partial charge on any atom is 0.231 e. The summed E-state index contributed by atoms with van der Waals surface area (Å²) >= 11 is 1.42. The molecule has 1 unspecified atom stereocenters. The predicted octanol–water partition coefficient (Wildman–Crippen LogP) is 1.66. The molecule has 118 valence electrons. The highest BCUT2D eigenvalue weighted by atomic mass is 32.1. The minimum absolute atomic E-state index is 0.0135. The zero-order valence-electron chi connectivity index (χ0n) is 12.3. The molecular weight excluding hydrogens is 314 g/mol. The number of aromatic nitrogens is 5. The van der Waals surface area contributed by atoms with Crippen LogP contribution in [0.5, 0.6) is 0 Å². The summed E-state index contributed by atoms with van der Waals surface area (Å²) in [4.78, 5) is 34.4. The molecule has 3 aromatic heterocycles. The molecule has 23 heavy (non-hydrogen) atoms. The van der Waals surface area contributed by atoms with E-state index in [1.54, 1.807) is 12.5 Å². The van der Waals surface area contributed by atoms with E-state index >= 15 is 0 Å². The minimum Gasteiger partial charge on any atom is -0.354 e. The Kier molecular flexibility index (Phi) is 3.62. The SMILES string of the molecule is O=C(Nc1nccs1)C1CCCN(c2ncnc3nc[nH]c23)C1. The van der Waals surface area contributed by atoms with Gasteiger partial charge >= 0.3 is 0 Å². The predicted molar refractivity (Wildman–Crippen MR) is 87.4 cm³/mol. The molecule has 1 aliphatic rings. The topological polar surface area (TPSA) is 99.7 Å². The molecule has 1 amide bonds. The largest absolute Gasteiger partial charge is 0.354 e. The number of aromatic amines is 1. The van der Waals surface area contributed by atoms with Gasteiger partial charge in [0.2, 0.25) is 5.91 Å². The van der Waals surface area contributed by atoms with E-state index in [0.717, 1.165) is 30.7 Å². The molecule has 0 saturated carbocycles. The lowest BCUT2D eigenvalue weighted by molar-refractivity contribution is -0.120. The Morgan fingerprint density at radius 1 is 1.35 bits per heavy atom. The first-order chi connectivity index (χ1) is 11.3. The normalized spacial score (nSPS) is 18.3. The van der Waals surface area contributed by atoms with Crippen molar-refractivity contribution in [2.75, 3.05) is 23.3 Å². The second kappa shape index (κ2) is 5.92. The number of thiazole rings is 1. The molecule has 9 heteroatoms. The van der Waals surface area contributed by atoms with Crippen molar-refractivity contribution in [3.63, 3.8) is 0 Å². The van der Waals surface area contributed by atoms with E-state index in [9.17, 15) is 4.79 Å². The maximum atomic E-state index is 12.4. The highest BCUT2D eigenvalue weighted by Gasteiger charge is 2.28. The molecule has 0 aromatic carbocycles. The highest BCUT2D eigenvalue weighted by Crippen LogP contribution is 2.26. The van der Waals surface area contributed by atoms with Crippen LogP contribution in [0.4, 0.5) is 10.9 Å². The number of anilines is 2. The summed E-state index contributed by atoms with van der Waals surface area (Å²) in [5, 5.41) is 5.37. The zero-order valence-corrected chi connectivity index (χ0v) is 13.1. The van der Waals surface area contributed by atoms with Crippen molar-refractivity contribution in [1.29, 1.82) is 0 Å². The summed E-state index contributed by atoms with van der Waals surface area (Å²) in [5.41, 5.74) is 1.46. The van der Waals surface area contributed by atoms with Crippen molar-refractivity contribution < 1.29 is 4.79 Å². The lowest BCUT2D eigenvalue weighted by Gasteiger charge is -2.32. The standard InChI is InChI=1S/C14H15N7OS/c22-13(20-14-15-3-5-23-14)9-2-1-4-21(6-9)12-10-11(17-7-16-10)18-8-19-12/h3,5,7-9H,1-2,4,6H2,(H,15,20,22)(H,16,17,18,19). The van der Waals surface area contributed by atoms with Crippen LogP contribution in [0.1, 0.15) is 12.8 Å². The number of carbonyl (C=O) groups is 1. The van der Waals surface area contributed by atoms with Crippen molar-refractivity contribution in [3.05, 3.63) is 24.2 Å². The van der Waals surface area contributed by atoms with E-state index in [1.807, 2.05) is 5.38 Å². The number of piperidine rings is 1. The van der Waals surface area contributed by atoms with E-state index in [0.29, 0.717) is 17.3 Å². The average Bonchev–Trinajstić information content (AvgIpc) is 3.25. The van der Waals surface area contributed by atoms with Crippen LogP contribution in [0.25, 0.3) is 11.2 Å². The summed E-state index contributed by atoms with van der Waals surface area (Å²) < 4.78 is 0. The first-order valence-electron chi connectivity index (χ1n) is 7.40. The first kappa shape index (κ1) is 14.1. The van der Waals surface area contributed by atoms with Gasteiger partial charge in [0.05, 0.1) is 12.2 Å². The molecule has 2 N–H and O–H groups in total. The Morgan fingerprint density at radius 2 is 2.30 bits per heavy atom. The van der Waals surface area contributed by atoms with E-state index in [-0.39, 0.29) is 11.8 Å². The third kappa shape index (κ3) is 2.74. The van der Waals surface area contributed by atoms with Crippen molar-refractivity contribution >= 4 is 39.4 Å². The molecule has 4 rings (SSSR count). The average molecular weight is 329 g/mol. The lowest BCUT2D eigenvalue weighted by Crippen LogP contribution is -2.41. The van der Waals surface area contributed by atoms with Gasteiger partial charge in [-0.2, -0.15) is 0 Å². The second-order valence-electron chi connectivity index (χ2n) is 5.41. The molecule has 3 aromatic rings. The number of carbonyl (C=O) groups excluding carboxylic acids is 1. The van der Waals surface area contributed by atoms with Crippen LogP contribution in [-0.2, 0) is 4.79 Å². The zero-order chi connectivity index (χ0) is 15.6. The van der Waals surface area contributed by atoms with Crippen LogP contribution in [0.2, 0.25) is 0 Å². The molecule has 0 bridgehead atoms. The number of H-pyrrole nitrogens is 1. The number of amides is 1. The number of nitrogens with one attached hydrogen (secondary N) is 2. The van der Waals surface area contributed by atoms with Crippen molar-refractivity contribution in [2.45, 2.75) is 12.8 Å². The third-order valence-electron chi connectivity index (χ3n) is 3.96. The molecule has 1 fully saturated rings. The molecule has 1 saturated heterocycles. The molecule has 4 heterocycles. The van der Waals surface area contributed by atoms with Crippen LogP contribution in [0, 0.1) is 5.92 Å². The summed E-state index contributed by atoms with van der Waals surface area (Å²) in [6.07, 6.45) is 6.61. The Morgan fingerprint density at radius 3 is 3.17 bits per heavy atom. The summed E-state index contributed by atoms with van der Waals surface area (Å²) in [7, 11) is 0. The fraction of sp³-hybridized carbons (Fsp3) is 0.357. The summed E-state index contributed by atoms with van der Waals surface area (Å²) in [6.45, 7) is 1.49. The Labute approximate surface area is 136 Å². The maximum absolute atomic E-state index is 12.4. The first-order valence-corrected chi connectivity index (χ1v) is 8.28. The minimum atomic E-state index is -0.0828. The van der Waals surface area contributed by atoms with Gasteiger partial charge in [-0.15, -0.1) is 11.3 Å². The van der Waals surface area contributed by atoms with Crippen molar-refractivity contribution in [2.24, 2.45) is 5.92 Å². The smallest absolute Gasteiger partial charge is 0.231 e. The Hall–Kier alpha value is -2.55. The number of nitrogens with zero attached hydrogens (tertiary/aromatic N) is 5. The van der Waals surface area contributed by atoms with E-state index in [2.05, 4.69) is 35.1 Å². The molecule has 8 nitrogen and oxygen atoms in total. The molecular formula is C14H15N7OS. The quantitative estimate of drug-likeness (QED) is 0.758. The summed E-state index contributed by atoms with van der Waals surface area (Å²) in [5.74, 6) is 0.736. The van der Waals surface area contributed by atoms with Gasteiger partial charge in [0.1, 0.15) is 11.8 Å². The molecule has 1 atom stereocenters. The van der Waals surface area contributed by atoms with Gasteiger partial charge in [-0.05, 0) is 12.8 Å². The van der Waals surface area contributed by atoms with Gasteiger partial charge in [-0.25, -0.2) is 19.9 Å². The second-order valence-corrected chi connectivity index (χ2v) is 6.30. The lowest BCUT2D eigenvalue weighted by atomic mass is 9.97. The van der Waals surface area contributed by atoms with Gasteiger partial charge in [0.25, 0.3) is 0 Å². The van der Waals surface area contributed by atoms with Crippen molar-refractivity contribution in [3.8, 4) is 0 Å². The number of fused-ring (bicyclic) bond motifs is 1. The molecule has 0 spiro atoms. The number of hydrogen-bond acceptors (Lipinski definition) is 7. The van der Waals surface area contributed by atoms with Gasteiger partial charge < -0.3 is 15.2 Å². The van der Waals surface area contributed by atoms with E-state index in [1.165, 1.54) is 17.7 Å². The molecule has 1 aliphatic heterocycles. The van der Waals surface area contributed by atoms with Crippen molar-refractivity contribution in [1.82, 2.24) is 24.9 Å². The van der Waals surface area contributed by atoms with E-state index < -0.39 is 0 Å².